The van der Waals surface area contributed by atoms with Crippen molar-refractivity contribution in [2.24, 2.45) is 0 Å². The number of hydrogen-bond donors (Lipinski definition) is 1. The summed E-state index contributed by atoms with van der Waals surface area (Å²) < 4.78 is 5.10. The molecule has 2 aromatic rings. The molecule has 1 saturated heterocycles. The van der Waals surface area contributed by atoms with Gasteiger partial charge in [-0.1, -0.05) is 42.5 Å². The highest BCUT2D eigenvalue weighted by molar-refractivity contribution is 5.50. The summed E-state index contributed by atoms with van der Waals surface area (Å²) >= 11 is 0. The van der Waals surface area contributed by atoms with Crippen LogP contribution in [0.5, 0.6) is 0 Å². The van der Waals surface area contributed by atoms with Crippen LogP contribution in [0.2, 0.25) is 0 Å². The SMILES string of the molecule is COCCCNc1cc(N2CCN(C/C=C/c3ccccc3)CC2)nc(C)n1. The Morgan fingerprint density at radius 2 is 1.89 bits per heavy atom. The van der Waals surface area contributed by atoms with Crippen molar-refractivity contribution in [3.8, 4) is 0 Å². The molecule has 150 valence electrons. The van der Waals surface area contributed by atoms with Crippen LogP contribution in [0.15, 0.2) is 42.5 Å². The van der Waals surface area contributed by atoms with Gasteiger partial charge in [-0.25, -0.2) is 9.97 Å². The van der Waals surface area contributed by atoms with Crippen molar-refractivity contribution in [3.63, 3.8) is 0 Å². The van der Waals surface area contributed by atoms with Gasteiger partial charge in [0.1, 0.15) is 17.5 Å². The Morgan fingerprint density at radius 3 is 2.64 bits per heavy atom. The van der Waals surface area contributed by atoms with Gasteiger partial charge in [0.05, 0.1) is 0 Å². The monoisotopic (exact) mass is 381 g/mol. The second-order valence-electron chi connectivity index (χ2n) is 7.03. The highest BCUT2D eigenvalue weighted by Crippen LogP contribution is 2.18. The summed E-state index contributed by atoms with van der Waals surface area (Å²) in [6, 6.07) is 12.5. The zero-order valence-electron chi connectivity index (χ0n) is 17.0. The van der Waals surface area contributed by atoms with E-state index in [1.165, 1.54) is 5.56 Å². The zero-order chi connectivity index (χ0) is 19.6. The lowest BCUT2D eigenvalue weighted by atomic mass is 10.2. The number of rotatable bonds is 9. The van der Waals surface area contributed by atoms with Gasteiger partial charge in [-0.05, 0) is 18.9 Å². The Labute approximate surface area is 168 Å². The first-order chi connectivity index (χ1) is 13.7. The van der Waals surface area contributed by atoms with E-state index in [-0.39, 0.29) is 0 Å². The first-order valence-electron chi connectivity index (χ1n) is 10.0. The van der Waals surface area contributed by atoms with Crippen molar-refractivity contribution in [1.29, 1.82) is 0 Å². The molecule has 28 heavy (non-hydrogen) atoms. The van der Waals surface area contributed by atoms with E-state index in [9.17, 15) is 0 Å². The molecular formula is C22H31N5O. The molecule has 6 heteroatoms. The van der Waals surface area contributed by atoms with Gasteiger partial charge in [0.2, 0.25) is 0 Å². The summed E-state index contributed by atoms with van der Waals surface area (Å²) in [4.78, 5) is 14.0. The maximum Gasteiger partial charge on any atom is 0.134 e. The summed E-state index contributed by atoms with van der Waals surface area (Å²) in [7, 11) is 1.73. The standard InChI is InChI=1S/C22H31N5O/c1-19-24-21(23-11-7-17-28-2)18-22(25-19)27-15-13-26(14-16-27)12-6-10-20-8-4-3-5-9-20/h3-6,8-10,18H,7,11-17H2,1-2H3,(H,23,24,25)/b10-6+. The first kappa shape index (κ1) is 20.3. The van der Waals surface area contributed by atoms with E-state index in [0.29, 0.717) is 0 Å². The number of ether oxygens (including phenoxy) is 1. The van der Waals surface area contributed by atoms with Crippen molar-refractivity contribution in [3.05, 3.63) is 53.9 Å². The van der Waals surface area contributed by atoms with E-state index in [4.69, 9.17) is 4.74 Å². The third kappa shape index (κ3) is 6.32. The molecule has 6 nitrogen and oxygen atoms in total. The predicted molar refractivity (Wildman–Crippen MR) is 116 cm³/mol. The maximum atomic E-state index is 5.10. The van der Waals surface area contributed by atoms with E-state index in [1.54, 1.807) is 7.11 Å². The Kier molecular flexibility index (Phi) is 7.82. The number of aromatic nitrogens is 2. The van der Waals surface area contributed by atoms with E-state index < -0.39 is 0 Å². The number of piperazine rings is 1. The highest BCUT2D eigenvalue weighted by atomic mass is 16.5. The van der Waals surface area contributed by atoms with Gasteiger partial charge in [0.25, 0.3) is 0 Å². The number of anilines is 2. The van der Waals surface area contributed by atoms with Gasteiger partial charge in [0, 0.05) is 59.1 Å². The number of nitrogens with one attached hydrogen (secondary N) is 1. The molecule has 1 aromatic carbocycles. The molecule has 3 rings (SSSR count). The molecule has 0 spiro atoms. The third-order valence-electron chi connectivity index (χ3n) is 4.83. The second kappa shape index (κ2) is 10.8. The van der Waals surface area contributed by atoms with Crippen LogP contribution in [0.25, 0.3) is 6.08 Å². The molecule has 1 aliphatic rings. The molecule has 1 fully saturated rings. The first-order valence-corrected chi connectivity index (χ1v) is 10.0. The second-order valence-corrected chi connectivity index (χ2v) is 7.03. The van der Waals surface area contributed by atoms with Crippen LogP contribution in [-0.4, -0.2) is 67.9 Å². The lowest BCUT2D eigenvalue weighted by Crippen LogP contribution is -2.46. The van der Waals surface area contributed by atoms with E-state index in [0.717, 1.165) is 69.8 Å². The molecule has 1 aliphatic heterocycles. The Bertz CT molecular complexity index is 742. The van der Waals surface area contributed by atoms with Crippen LogP contribution in [0.1, 0.15) is 17.8 Å². The Hall–Kier alpha value is -2.44. The normalized spacial score (nSPS) is 15.3. The molecule has 1 aromatic heterocycles. The fraction of sp³-hybridized carbons (Fsp3) is 0.455. The summed E-state index contributed by atoms with van der Waals surface area (Å²) in [6.45, 7) is 8.59. The molecule has 0 aliphatic carbocycles. The Balaban J connectivity index is 1.48. The smallest absolute Gasteiger partial charge is 0.134 e. The van der Waals surface area contributed by atoms with Crippen molar-refractivity contribution in [1.82, 2.24) is 14.9 Å². The van der Waals surface area contributed by atoms with Crippen LogP contribution in [-0.2, 0) is 4.74 Å². The number of nitrogens with zero attached hydrogens (tertiary/aromatic N) is 4. The molecule has 0 radical (unpaired) electrons. The van der Waals surface area contributed by atoms with Crippen molar-refractivity contribution < 1.29 is 4.74 Å². The van der Waals surface area contributed by atoms with Gasteiger partial charge in [-0.3, -0.25) is 4.90 Å². The van der Waals surface area contributed by atoms with Crippen LogP contribution >= 0.6 is 0 Å². The van der Waals surface area contributed by atoms with E-state index in [1.807, 2.05) is 13.0 Å². The van der Waals surface area contributed by atoms with E-state index in [2.05, 4.69) is 67.6 Å². The molecular weight excluding hydrogens is 350 g/mol. The van der Waals surface area contributed by atoms with Crippen molar-refractivity contribution in [2.45, 2.75) is 13.3 Å². The molecule has 0 unspecified atom stereocenters. The van der Waals surface area contributed by atoms with Crippen LogP contribution < -0.4 is 10.2 Å². The van der Waals surface area contributed by atoms with Gasteiger partial charge in [0.15, 0.2) is 0 Å². The van der Waals surface area contributed by atoms with Gasteiger partial charge >= 0.3 is 0 Å². The molecule has 0 amide bonds. The summed E-state index contributed by atoms with van der Waals surface area (Å²) in [5.74, 6) is 2.72. The zero-order valence-corrected chi connectivity index (χ0v) is 17.0. The maximum absolute atomic E-state index is 5.10. The molecule has 1 N–H and O–H groups in total. The van der Waals surface area contributed by atoms with Crippen molar-refractivity contribution >= 4 is 17.7 Å². The summed E-state index contributed by atoms with van der Waals surface area (Å²) in [5, 5.41) is 3.37. The summed E-state index contributed by atoms with van der Waals surface area (Å²) in [6.07, 6.45) is 5.41. The average molecular weight is 382 g/mol. The fourth-order valence-corrected chi connectivity index (χ4v) is 3.30. The number of methoxy groups -OCH3 is 1. The lowest BCUT2D eigenvalue weighted by Gasteiger charge is -2.35. The molecule has 2 heterocycles. The molecule has 0 saturated carbocycles. The van der Waals surface area contributed by atoms with Gasteiger partial charge in [-0.15, -0.1) is 0 Å². The number of aryl methyl sites for hydroxylation is 1. The van der Waals surface area contributed by atoms with Gasteiger partial charge in [-0.2, -0.15) is 0 Å². The quantitative estimate of drug-likeness (QED) is 0.674. The fourth-order valence-electron chi connectivity index (χ4n) is 3.30. The summed E-state index contributed by atoms with van der Waals surface area (Å²) in [5.41, 5.74) is 1.25. The average Bonchev–Trinajstić information content (AvgIpc) is 2.72. The predicted octanol–water partition coefficient (Wildman–Crippen LogP) is 3.07. The lowest BCUT2D eigenvalue weighted by molar-refractivity contribution is 0.198. The minimum absolute atomic E-state index is 0.755. The topological polar surface area (TPSA) is 53.5 Å². The number of hydrogen-bond acceptors (Lipinski definition) is 6. The third-order valence-corrected chi connectivity index (χ3v) is 4.83. The minimum atomic E-state index is 0.755. The molecule has 0 atom stereocenters. The van der Waals surface area contributed by atoms with Crippen LogP contribution in [0.4, 0.5) is 11.6 Å². The Morgan fingerprint density at radius 1 is 1.11 bits per heavy atom. The van der Waals surface area contributed by atoms with Crippen LogP contribution in [0.3, 0.4) is 0 Å². The largest absolute Gasteiger partial charge is 0.385 e. The van der Waals surface area contributed by atoms with E-state index >= 15 is 0 Å². The van der Waals surface area contributed by atoms with Crippen molar-refractivity contribution in [2.75, 3.05) is 63.2 Å². The molecule has 0 bridgehead atoms. The number of benzene rings is 1. The van der Waals surface area contributed by atoms with Gasteiger partial charge < -0.3 is 15.0 Å². The van der Waals surface area contributed by atoms with Crippen LogP contribution in [0, 0.1) is 6.92 Å². The minimum Gasteiger partial charge on any atom is -0.385 e. The highest BCUT2D eigenvalue weighted by Gasteiger charge is 2.18.